The van der Waals surface area contributed by atoms with E-state index in [9.17, 15) is 0 Å². The molecule has 3 nitrogen and oxygen atoms in total. The van der Waals surface area contributed by atoms with Crippen LogP contribution in [0.2, 0.25) is 5.15 Å². The minimum Gasteiger partial charge on any atom is -0.299 e. The first-order valence-corrected chi connectivity index (χ1v) is 16.4. The lowest BCUT2D eigenvalue weighted by Crippen LogP contribution is -2.37. The zero-order chi connectivity index (χ0) is 30.6. The molecule has 0 saturated heterocycles. The second-order valence-corrected chi connectivity index (χ2v) is 12.1. The zero-order valence-corrected chi connectivity index (χ0v) is 28.4. The van der Waals surface area contributed by atoms with Crippen molar-refractivity contribution in [1.29, 1.82) is 5.26 Å². The third kappa shape index (κ3) is 14.7. The number of unbranched alkanes of at least 4 members (excludes halogenated alkanes) is 7. The summed E-state index contributed by atoms with van der Waals surface area (Å²) in [6.45, 7) is 25.2. The normalized spacial score (nSPS) is 11.0. The molecule has 226 valence electrons. The van der Waals surface area contributed by atoms with Crippen molar-refractivity contribution >= 4 is 11.6 Å². The monoisotopic (exact) mass is 569 g/mol. The summed E-state index contributed by atoms with van der Waals surface area (Å²) in [5.41, 5.74) is 4.82. The fourth-order valence-corrected chi connectivity index (χ4v) is 4.67. The topological polar surface area (TPSA) is 39.9 Å². The summed E-state index contributed by atoms with van der Waals surface area (Å²) in [4.78, 5) is 6.99. The molecule has 0 aliphatic rings. The molecule has 0 fully saturated rings. The Morgan fingerprint density at radius 1 is 0.900 bits per heavy atom. The number of hydrogen-bond donors (Lipinski definition) is 0. The predicted octanol–water partition coefficient (Wildman–Crippen LogP) is 11.6. The van der Waals surface area contributed by atoms with Gasteiger partial charge in [0.2, 0.25) is 0 Å². The Morgan fingerprint density at radius 3 is 1.88 bits per heavy atom. The molecule has 40 heavy (non-hydrogen) atoms. The fourth-order valence-electron chi connectivity index (χ4n) is 4.48. The lowest BCUT2D eigenvalue weighted by Gasteiger charge is -2.35. The molecule has 0 unspecified atom stereocenters. The van der Waals surface area contributed by atoms with Crippen LogP contribution in [0.5, 0.6) is 0 Å². The van der Waals surface area contributed by atoms with Gasteiger partial charge in [-0.05, 0) is 48.4 Å². The molecule has 1 heterocycles. The molecule has 2 aromatic rings. The number of nitrogens with zero attached hydrogens (tertiary/aromatic N) is 3. The van der Waals surface area contributed by atoms with Gasteiger partial charge < -0.3 is 0 Å². The van der Waals surface area contributed by atoms with Gasteiger partial charge in [-0.1, -0.05) is 150 Å². The van der Waals surface area contributed by atoms with Crippen LogP contribution in [-0.4, -0.2) is 23.0 Å². The quantitative estimate of drug-likeness (QED) is 0.158. The summed E-state index contributed by atoms with van der Waals surface area (Å²) in [6.07, 6.45) is 12.6. The van der Waals surface area contributed by atoms with Gasteiger partial charge in [0.15, 0.2) is 0 Å². The Morgan fingerprint density at radius 2 is 1.43 bits per heavy atom. The molecular formula is C36H60ClN3. The van der Waals surface area contributed by atoms with Gasteiger partial charge >= 0.3 is 0 Å². The van der Waals surface area contributed by atoms with Crippen molar-refractivity contribution in [3.05, 3.63) is 52.2 Å². The molecule has 0 aliphatic carbocycles. The Bertz CT molecular complexity index is 949. The van der Waals surface area contributed by atoms with Crippen molar-refractivity contribution in [2.75, 3.05) is 13.1 Å². The van der Waals surface area contributed by atoms with Gasteiger partial charge in [-0.3, -0.25) is 4.90 Å². The van der Waals surface area contributed by atoms with Crippen LogP contribution in [0.25, 0.3) is 11.3 Å². The minimum atomic E-state index is 0.261. The van der Waals surface area contributed by atoms with Crippen LogP contribution in [0, 0.1) is 29.6 Å². The van der Waals surface area contributed by atoms with E-state index in [0.717, 1.165) is 42.9 Å². The van der Waals surface area contributed by atoms with Crippen LogP contribution in [0.1, 0.15) is 137 Å². The van der Waals surface area contributed by atoms with Crippen molar-refractivity contribution in [3.8, 4) is 17.3 Å². The molecule has 0 bridgehead atoms. The van der Waals surface area contributed by atoms with Gasteiger partial charge in [0.1, 0.15) is 11.2 Å². The number of aryl methyl sites for hydroxylation is 1. The van der Waals surface area contributed by atoms with Crippen LogP contribution in [0.15, 0.2) is 30.3 Å². The third-order valence-electron chi connectivity index (χ3n) is 7.61. The molecular weight excluding hydrogens is 510 g/mol. The Balaban J connectivity index is 0.00000107. The lowest BCUT2D eigenvalue weighted by atomic mass is 9.80. The van der Waals surface area contributed by atoms with Gasteiger partial charge in [0.25, 0.3) is 0 Å². The van der Waals surface area contributed by atoms with Gasteiger partial charge in [-0.2, -0.15) is 5.26 Å². The summed E-state index contributed by atoms with van der Waals surface area (Å²) in [5, 5.41) is 9.37. The highest BCUT2D eigenvalue weighted by Gasteiger charge is 2.25. The maximum Gasteiger partial charge on any atom is 0.147 e. The number of pyridine rings is 1. The largest absolute Gasteiger partial charge is 0.299 e. The van der Waals surface area contributed by atoms with E-state index in [1.807, 2.05) is 20.8 Å². The summed E-state index contributed by atoms with van der Waals surface area (Å²) in [7, 11) is 0. The van der Waals surface area contributed by atoms with E-state index < -0.39 is 0 Å². The van der Waals surface area contributed by atoms with E-state index in [4.69, 9.17) is 16.9 Å². The summed E-state index contributed by atoms with van der Waals surface area (Å²) < 4.78 is 0. The average Bonchev–Trinajstić information content (AvgIpc) is 2.93. The lowest BCUT2D eigenvalue weighted by molar-refractivity contribution is 0.129. The standard InChI is InChI=1S/C24H32ClN3.C10H22.C2H6/c1-7-12-28(16-24(5,6)17(2)3)15-19-8-10-20(11-9-19)22-18(4)13-21(14-26)23(25)27-22;1-3-5-7-9-10-8-6-4-2;1-2/h8-11,13,17H,7,12,15-16H2,1-6H3;3-10H2,1-2H3;1-2H3. The highest BCUT2D eigenvalue weighted by atomic mass is 35.5. The Kier molecular flexibility index (Phi) is 20.8. The van der Waals surface area contributed by atoms with Crippen molar-refractivity contribution in [3.63, 3.8) is 0 Å². The smallest absolute Gasteiger partial charge is 0.147 e. The first kappa shape index (κ1) is 38.1. The fraction of sp³-hybridized carbons (Fsp3) is 0.667. The maximum absolute atomic E-state index is 9.10. The number of aromatic nitrogens is 1. The van der Waals surface area contributed by atoms with Gasteiger partial charge in [0, 0.05) is 18.7 Å². The summed E-state index contributed by atoms with van der Waals surface area (Å²) in [5.74, 6) is 0.643. The number of benzene rings is 1. The van der Waals surface area contributed by atoms with Crippen LogP contribution in [-0.2, 0) is 6.54 Å². The second-order valence-electron chi connectivity index (χ2n) is 11.8. The SMILES string of the molecule is CC.CCCCCCCCCC.CCCN(Cc1ccc(-c2nc(Cl)c(C#N)cc2C)cc1)CC(C)(C)C(C)C. The first-order chi connectivity index (χ1) is 19.1. The Labute approximate surface area is 253 Å². The number of rotatable bonds is 15. The van der Waals surface area contributed by atoms with Gasteiger partial charge in [-0.25, -0.2) is 4.98 Å². The average molecular weight is 570 g/mol. The molecule has 2 rings (SSSR count). The van der Waals surface area contributed by atoms with Gasteiger partial charge in [-0.15, -0.1) is 0 Å². The van der Waals surface area contributed by atoms with Crippen LogP contribution in [0.3, 0.4) is 0 Å². The molecule has 0 aliphatic heterocycles. The maximum atomic E-state index is 9.10. The van der Waals surface area contributed by atoms with E-state index in [1.54, 1.807) is 6.07 Å². The zero-order valence-electron chi connectivity index (χ0n) is 27.7. The van der Waals surface area contributed by atoms with E-state index in [-0.39, 0.29) is 10.6 Å². The highest BCUT2D eigenvalue weighted by Crippen LogP contribution is 2.29. The molecule has 4 heteroatoms. The third-order valence-corrected chi connectivity index (χ3v) is 7.90. The van der Waals surface area contributed by atoms with E-state index in [1.165, 1.54) is 56.9 Å². The molecule has 1 aromatic heterocycles. The van der Waals surface area contributed by atoms with E-state index >= 15 is 0 Å². The van der Waals surface area contributed by atoms with Crippen LogP contribution in [0.4, 0.5) is 0 Å². The van der Waals surface area contributed by atoms with Crippen molar-refractivity contribution in [1.82, 2.24) is 9.88 Å². The molecule has 0 atom stereocenters. The number of nitriles is 1. The summed E-state index contributed by atoms with van der Waals surface area (Å²) in [6, 6.07) is 12.4. The van der Waals surface area contributed by atoms with E-state index in [0.29, 0.717) is 11.5 Å². The van der Waals surface area contributed by atoms with E-state index in [2.05, 4.69) is 88.7 Å². The summed E-state index contributed by atoms with van der Waals surface area (Å²) >= 11 is 6.13. The Hall–Kier alpha value is -1.89. The van der Waals surface area contributed by atoms with Crippen LogP contribution >= 0.6 is 11.6 Å². The molecule has 1 aromatic carbocycles. The van der Waals surface area contributed by atoms with Crippen LogP contribution < -0.4 is 0 Å². The van der Waals surface area contributed by atoms with Crippen molar-refractivity contribution < 1.29 is 0 Å². The number of halogens is 1. The molecule has 0 radical (unpaired) electrons. The molecule has 0 spiro atoms. The minimum absolute atomic E-state index is 0.261. The van der Waals surface area contributed by atoms with Gasteiger partial charge in [0.05, 0.1) is 11.3 Å². The number of hydrogen-bond acceptors (Lipinski definition) is 3. The molecule has 0 N–H and O–H groups in total. The molecule has 0 saturated carbocycles. The van der Waals surface area contributed by atoms with Crippen molar-refractivity contribution in [2.45, 2.75) is 134 Å². The highest BCUT2D eigenvalue weighted by molar-refractivity contribution is 6.30. The predicted molar refractivity (Wildman–Crippen MR) is 178 cm³/mol. The first-order valence-electron chi connectivity index (χ1n) is 16.0. The second kappa shape index (κ2) is 21.8. The van der Waals surface area contributed by atoms with Crippen molar-refractivity contribution in [2.24, 2.45) is 11.3 Å². The molecule has 0 amide bonds.